The Labute approximate surface area is 135 Å². The zero-order valence-electron chi connectivity index (χ0n) is 13.2. The molecule has 116 valence electrons. The van der Waals surface area contributed by atoms with Crippen LogP contribution in [0, 0.1) is 0 Å². The van der Waals surface area contributed by atoms with Gasteiger partial charge in [-0.25, -0.2) is 0 Å². The van der Waals surface area contributed by atoms with Gasteiger partial charge in [0.15, 0.2) is 0 Å². The molecule has 3 aliphatic carbocycles. The number of halogens is 1. The van der Waals surface area contributed by atoms with Gasteiger partial charge in [-0.2, -0.15) is 0 Å². The summed E-state index contributed by atoms with van der Waals surface area (Å²) in [7, 11) is 0. The molecular formula is C18H33BrGe. The number of hydrogen-bond donors (Lipinski definition) is 0. The van der Waals surface area contributed by atoms with Crippen LogP contribution in [0.15, 0.2) is 0 Å². The predicted octanol–water partition coefficient (Wildman–Crippen LogP) is 7.33. The molecule has 0 nitrogen and oxygen atoms in total. The first kappa shape index (κ1) is 15.9. The van der Waals surface area contributed by atoms with Crippen LogP contribution in [0.25, 0.3) is 0 Å². The van der Waals surface area contributed by atoms with E-state index in [0.29, 0.717) is 0 Å². The fourth-order valence-corrected chi connectivity index (χ4v) is 25.1. The van der Waals surface area contributed by atoms with Crippen molar-refractivity contribution in [3.8, 4) is 0 Å². The van der Waals surface area contributed by atoms with Gasteiger partial charge in [0.05, 0.1) is 0 Å². The van der Waals surface area contributed by atoms with Gasteiger partial charge in [-0.05, 0) is 0 Å². The summed E-state index contributed by atoms with van der Waals surface area (Å²) < 4.78 is 3.53. The molecule has 3 saturated carbocycles. The standard InChI is InChI=1S/C18H33BrGe/c19-20(16-10-4-1-5-11-16,17-12-6-2-7-13-17)18-14-8-3-9-15-18/h16-18H,1-15H2. The maximum atomic E-state index is 4.66. The van der Waals surface area contributed by atoms with Crippen LogP contribution in [0.1, 0.15) is 96.3 Å². The van der Waals surface area contributed by atoms with Crippen molar-refractivity contribution in [2.75, 3.05) is 0 Å². The van der Waals surface area contributed by atoms with Crippen LogP contribution in [0.3, 0.4) is 0 Å². The second-order valence-corrected chi connectivity index (χ2v) is 23.6. The molecule has 2 heteroatoms. The summed E-state index contributed by atoms with van der Waals surface area (Å²) in [5.74, 6) is 0. The predicted molar refractivity (Wildman–Crippen MR) is 95.2 cm³/mol. The molecule has 0 aromatic rings. The van der Waals surface area contributed by atoms with E-state index >= 15 is 0 Å². The molecule has 0 radical (unpaired) electrons. The van der Waals surface area contributed by atoms with Crippen molar-refractivity contribution >= 4 is 25.4 Å². The third kappa shape index (κ3) is 3.34. The number of rotatable bonds is 3. The minimum atomic E-state index is -1.85. The Bertz CT molecular complexity index is 240. The van der Waals surface area contributed by atoms with Crippen molar-refractivity contribution in [3.05, 3.63) is 0 Å². The summed E-state index contributed by atoms with van der Waals surface area (Å²) in [5.41, 5.74) is 0. The van der Waals surface area contributed by atoms with E-state index in [1.165, 1.54) is 33.5 Å². The van der Waals surface area contributed by atoms with Crippen molar-refractivity contribution in [2.45, 2.75) is 111 Å². The maximum absolute atomic E-state index is 4.66. The summed E-state index contributed by atoms with van der Waals surface area (Å²) in [6.45, 7) is 0. The van der Waals surface area contributed by atoms with E-state index in [0.717, 1.165) is 0 Å². The average molecular weight is 402 g/mol. The second-order valence-electron chi connectivity index (χ2n) is 7.83. The Morgan fingerprint density at radius 3 is 0.950 bits per heavy atom. The van der Waals surface area contributed by atoms with Crippen LogP contribution in [-0.2, 0) is 0 Å². The van der Waals surface area contributed by atoms with Gasteiger partial charge in [0.2, 0.25) is 0 Å². The van der Waals surface area contributed by atoms with Gasteiger partial charge in [-0.1, -0.05) is 0 Å². The molecule has 0 aromatic heterocycles. The van der Waals surface area contributed by atoms with Crippen molar-refractivity contribution in [1.82, 2.24) is 0 Å². The molecule has 0 saturated heterocycles. The van der Waals surface area contributed by atoms with E-state index < -0.39 is 11.4 Å². The van der Waals surface area contributed by atoms with E-state index in [4.69, 9.17) is 0 Å². The van der Waals surface area contributed by atoms with Crippen molar-refractivity contribution in [3.63, 3.8) is 0 Å². The third-order valence-corrected chi connectivity index (χ3v) is 28.3. The molecule has 0 spiro atoms. The van der Waals surface area contributed by atoms with Crippen LogP contribution in [-0.4, -0.2) is 11.4 Å². The average Bonchev–Trinajstić information content (AvgIpc) is 2.56. The molecule has 3 rings (SSSR count). The second kappa shape index (κ2) is 7.53. The molecule has 0 bridgehead atoms. The Morgan fingerprint density at radius 1 is 0.450 bits per heavy atom. The molecule has 0 heterocycles. The topological polar surface area (TPSA) is 0 Å². The molecule has 0 N–H and O–H groups in total. The minimum absolute atomic E-state index is 1.18. The van der Waals surface area contributed by atoms with Crippen LogP contribution in [0.4, 0.5) is 0 Å². The molecule has 0 aromatic carbocycles. The Morgan fingerprint density at radius 2 is 0.700 bits per heavy atom. The van der Waals surface area contributed by atoms with E-state index in [2.05, 4.69) is 14.0 Å². The van der Waals surface area contributed by atoms with Crippen LogP contribution >= 0.6 is 14.0 Å². The summed E-state index contributed by atoms with van der Waals surface area (Å²) >= 11 is 2.81. The molecule has 0 aliphatic heterocycles. The first-order chi connectivity index (χ1) is 9.82. The summed E-state index contributed by atoms with van der Waals surface area (Å²) in [4.78, 5) is 0. The van der Waals surface area contributed by atoms with Crippen molar-refractivity contribution in [2.24, 2.45) is 0 Å². The first-order valence-electron chi connectivity index (χ1n) is 9.50. The quantitative estimate of drug-likeness (QED) is 0.434. The summed E-state index contributed by atoms with van der Waals surface area (Å²) in [5, 5.41) is 0. The van der Waals surface area contributed by atoms with Gasteiger partial charge in [-0.15, -0.1) is 0 Å². The van der Waals surface area contributed by atoms with Gasteiger partial charge >= 0.3 is 136 Å². The van der Waals surface area contributed by atoms with Gasteiger partial charge in [0.25, 0.3) is 0 Å². The molecule has 0 unspecified atom stereocenters. The van der Waals surface area contributed by atoms with Crippen LogP contribution in [0.5, 0.6) is 0 Å². The van der Waals surface area contributed by atoms with Gasteiger partial charge in [-0.3, -0.25) is 0 Å². The Balaban J connectivity index is 1.79. The fraction of sp³-hybridized carbons (Fsp3) is 1.00. The molecule has 0 atom stereocenters. The van der Waals surface area contributed by atoms with E-state index in [1.807, 2.05) is 0 Å². The van der Waals surface area contributed by atoms with E-state index in [9.17, 15) is 0 Å². The molecular weight excluding hydrogens is 369 g/mol. The van der Waals surface area contributed by atoms with E-state index in [1.54, 1.807) is 77.0 Å². The first-order valence-corrected chi connectivity index (χ1v) is 18.1. The number of hydrogen-bond acceptors (Lipinski definition) is 0. The molecule has 3 aliphatic rings. The monoisotopic (exact) mass is 402 g/mol. The van der Waals surface area contributed by atoms with Gasteiger partial charge < -0.3 is 0 Å². The van der Waals surface area contributed by atoms with Gasteiger partial charge in [0.1, 0.15) is 0 Å². The summed E-state index contributed by atoms with van der Waals surface area (Å²) in [6, 6.07) is 0. The third-order valence-electron chi connectivity index (χ3n) is 6.69. The van der Waals surface area contributed by atoms with Gasteiger partial charge in [0, 0.05) is 0 Å². The van der Waals surface area contributed by atoms with Crippen molar-refractivity contribution < 1.29 is 0 Å². The normalized spacial score (nSPS) is 28.6. The van der Waals surface area contributed by atoms with Crippen LogP contribution in [0.2, 0.25) is 14.3 Å². The molecule has 3 fully saturated rings. The Hall–Kier alpha value is 1.02. The SMILES string of the molecule is [Br][Ge]([CH]1CCCCC1)([CH]1CCCCC1)[CH]1CCCCC1. The molecule has 0 amide bonds. The zero-order valence-corrected chi connectivity index (χ0v) is 16.9. The molecule has 20 heavy (non-hydrogen) atoms. The summed E-state index contributed by atoms with van der Waals surface area (Å²) in [6.07, 6.45) is 23.4. The van der Waals surface area contributed by atoms with Crippen molar-refractivity contribution in [1.29, 1.82) is 0 Å². The fourth-order valence-electron chi connectivity index (χ4n) is 5.64. The van der Waals surface area contributed by atoms with Crippen LogP contribution < -0.4 is 0 Å². The zero-order chi connectivity index (χ0) is 13.8. The van der Waals surface area contributed by atoms with E-state index in [-0.39, 0.29) is 0 Å². The Kier molecular flexibility index (Phi) is 5.99.